The first-order valence-corrected chi connectivity index (χ1v) is 8.11. The quantitative estimate of drug-likeness (QED) is 0.568. The molecule has 4 heteroatoms. The van der Waals surface area contributed by atoms with Gasteiger partial charge in [0, 0.05) is 29.6 Å². The lowest BCUT2D eigenvalue weighted by atomic mass is 9.96. The van der Waals surface area contributed by atoms with Crippen molar-refractivity contribution in [3.05, 3.63) is 72.1 Å². The fourth-order valence-electron chi connectivity index (χ4n) is 2.97. The smallest absolute Gasteiger partial charge is 0.129 e. The first-order chi connectivity index (χ1) is 11.7. The largest absolute Gasteiger partial charge is 0.244 e. The molecule has 0 saturated heterocycles. The van der Waals surface area contributed by atoms with E-state index < -0.39 is 0 Å². The van der Waals surface area contributed by atoms with E-state index in [1.165, 1.54) is 11.1 Å². The topological polar surface area (TPSA) is 51.6 Å². The first kappa shape index (κ1) is 14.7. The average molecular weight is 314 g/mol. The summed E-state index contributed by atoms with van der Waals surface area (Å²) in [5.74, 6) is 1.21. The number of hydrogen-bond donors (Lipinski definition) is 0. The van der Waals surface area contributed by atoms with Gasteiger partial charge in [0.1, 0.15) is 12.2 Å². The van der Waals surface area contributed by atoms with Crippen molar-refractivity contribution in [3.63, 3.8) is 0 Å². The zero-order chi connectivity index (χ0) is 16.5. The Morgan fingerprint density at radius 2 is 1.83 bits per heavy atom. The number of benzene rings is 2. The van der Waals surface area contributed by atoms with Crippen molar-refractivity contribution < 1.29 is 0 Å². The van der Waals surface area contributed by atoms with Crippen LogP contribution in [0.25, 0.3) is 21.8 Å². The Kier molecular flexibility index (Phi) is 3.65. The van der Waals surface area contributed by atoms with Gasteiger partial charge < -0.3 is 0 Å². The second-order valence-corrected chi connectivity index (χ2v) is 6.29. The number of rotatable bonds is 3. The molecule has 0 aliphatic heterocycles. The van der Waals surface area contributed by atoms with Gasteiger partial charge in [-0.1, -0.05) is 25.1 Å². The van der Waals surface area contributed by atoms with E-state index in [0.717, 1.165) is 34.1 Å². The highest BCUT2D eigenvalue weighted by molar-refractivity contribution is 5.79. The van der Waals surface area contributed by atoms with Crippen LogP contribution < -0.4 is 0 Å². The number of aromatic nitrogens is 4. The van der Waals surface area contributed by atoms with Crippen LogP contribution in [0.1, 0.15) is 29.8 Å². The second-order valence-electron chi connectivity index (χ2n) is 6.29. The highest BCUT2D eigenvalue weighted by Crippen LogP contribution is 2.23. The summed E-state index contributed by atoms with van der Waals surface area (Å²) >= 11 is 0. The Bertz CT molecular complexity index is 1030. The summed E-state index contributed by atoms with van der Waals surface area (Å²) in [6.07, 6.45) is 6.16. The maximum Gasteiger partial charge on any atom is 0.129 e. The van der Waals surface area contributed by atoms with Crippen molar-refractivity contribution in [3.8, 4) is 0 Å². The normalized spacial score (nSPS) is 12.6. The van der Waals surface area contributed by atoms with Gasteiger partial charge >= 0.3 is 0 Å². The molecule has 0 N–H and O–H groups in total. The van der Waals surface area contributed by atoms with Crippen LogP contribution in [0.2, 0.25) is 0 Å². The van der Waals surface area contributed by atoms with Crippen LogP contribution >= 0.6 is 0 Å². The highest BCUT2D eigenvalue weighted by atomic mass is 14.9. The predicted molar refractivity (Wildman–Crippen MR) is 95.9 cm³/mol. The molecule has 0 saturated carbocycles. The van der Waals surface area contributed by atoms with Crippen molar-refractivity contribution in [2.75, 3.05) is 0 Å². The van der Waals surface area contributed by atoms with Crippen molar-refractivity contribution in [2.45, 2.75) is 26.2 Å². The molecule has 4 nitrogen and oxygen atoms in total. The standard InChI is InChI=1S/C20H18N4/c1-13-3-4-16-11-22-20(24-19(16)7-13)8-14(2)15-5-6-18-17(9-15)10-21-12-23-18/h3-7,9-12,14H,8H2,1-2H3. The van der Waals surface area contributed by atoms with E-state index in [4.69, 9.17) is 4.98 Å². The van der Waals surface area contributed by atoms with Gasteiger partial charge in [0.15, 0.2) is 0 Å². The van der Waals surface area contributed by atoms with Crippen LogP contribution in [0.4, 0.5) is 0 Å². The highest BCUT2D eigenvalue weighted by Gasteiger charge is 2.10. The second kappa shape index (κ2) is 5.96. The molecule has 2 heterocycles. The van der Waals surface area contributed by atoms with Gasteiger partial charge in [0.25, 0.3) is 0 Å². The maximum absolute atomic E-state index is 4.73. The van der Waals surface area contributed by atoms with Gasteiger partial charge in [0.05, 0.1) is 11.0 Å². The molecule has 1 atom stereocenters. The van der Waals surface area contributed by atoms with Crippen LogP contribution in [-0.2, 0) is 6.42 Å². The van der Waals surface area contributed by atoms with Crippen molar-refractivity contribution >= 4 is 21.8 Å². The lowest BCUT2D eigenvalue weighted by Crippen LogP contribution is -2.03. The Morgan fingerprint density at radius 3 is 2.75 bits per heavy atom. The van der Waals surface area contributed by atoms with Crippen LogP contribution in [-0.4, -0.2) is 19.9 Å². The molecule has 0 aliphatic carbocycles. The first-order valence-electron chi connectivity index (χ1n) is 8.11. The van der Waals surface area contributed by atoms with E-state index in [2.05, 4.69) is 59.1 Å². The third-order valence-electron chi connectivity index (χ3n) is 4.37. The van der Waals surface area contributed by atoms with Crippen LogP contribution in [0.15, 0.2) is 55.1 Å². The summed E-state index contributed by atoms with van der Waals surface area (Å²) in [6, 6.07) is 12.6. The lowest BCUT2D eigenvalue weighted by Gasteiger charge is -2.12. The molecule has 0 bridgehead atoms. The summed E-state index contributed by atoms with van der Waals surface area (Å²) in [5, 5.41) is 2.15. The molecule has 0 amide bonds. The molecule has 4 aromatic rings. The van der Waals surface area contributed by atoms with E-state index >= 15 is 0 Å². The van der Waals surface area contributed by atoms with Gasteiger partial charge in [0.2, 0.25) is 0 Å². The molecular weight excluding hydrogens is 296 g/mol. The predicted octanol–water partition coefficient (Wildman–Crippen LogP) is 4.23. The SMILES string of the molecule is Cc1ccc2cnc(CC(C)c3ccc4ncncc4c3)nc2c1. The monoisotopic (exact) mass is 314 g/mol. The van der Waals surface area contributed by atoms with E-state index in [1.807, 2.05) is 18.5 Å². The Balaban J connectivity index is 1.63. The molecule has 0 aliphatic rings. The summed E-state index contributed by atoms with van der Waals surface area (Å²) < 4.78 is 0. The molecule has 118 valence electrons. The van der Waals surface area contributed by atoms with Crippen LogP contribution in [0.5, 0.6) is 0 Å². The van der Waals surface area contributed by atoms with Crippen LogP contribution in [0, 0.1) is 6.92 Å². The van der Waals surface area contributed by atoms with E-state index in [-0.39, 0.29) is 0 Å². The lowest BCUT2D eigenvalue weighted by molar-refractivity contribution is 0.722. The zero-order valence-corrected chi connectivity index (χ0v) is 13.8. The Labute approximate surface area is 140 Å². The Hall–Kier alpha value is -2.88. The molecule has 1 unspecified atom stereocenters. The third kappa shape index (κ3) is 2.83. The molecule has 2 aromatic heterocycles. The summed E-state index contributed by atoms with van der Waals surface area (Å²) in [7, 11) is 0. The Morgan fingerprint density at radius 1 is 0.917 bits per heavy atom. The minimum Gasteiger partial charge on any atom is -0.244 e. The van der Waals surface area contributed by atoms with Gasteiger partial charge in [-0.3, -0.25) is 0 Å². The minimum atomic E-state index is 0.330. The molecule has 24 heavy (non-hydrogen) atoms. The zero-order valence-electron chi connectivity index (χ0n) is 13.8. The fraction of sp³-hybridized carbons (Fsp3) is 0.200. The van der Waals surface area contributed by atoms with Gasteiger partial charge in [-0.25, -0.2) is 19.9 Å². The average Bonchev–Trinajstić information content (AvgIpc) is 2.61. The number of nitrogens with zero attached hydrogens (tertiary/aromatic N) is 4. The molecule has 0 fully saturated rings. The van der Waals surface area contributed by atoms with E-state index in [0.29, 0.717) is 5.92 Å². The molecule has 0 radical (unpaired) electrons. The van der Waals surface area contributed by atoms with E-state index in [9.17, 15) is 0 Å². The maximum atomic E-state index is 4.73. The molecule has 2 aromatic carbocycles. The summed E-state index contributed by atoms with van der Waals surface area (Å²) in [4.78, 5) is 17.6. The number of hydrogen-bond acceptors (Lipinski definition) is 4. The fourth-order valence-corrected chi connectivity index (χ4v) is 2.97. The van der Waals surface area contributed by atoms with Crippen molar-refractivity contribution in [1.29, 1.82) is 0 Å². The molecular formula is C20H18N4. The van der Waals surface area contributed by atoms with Crippen LogP contribution in [0.3, 0.4) is 0 Å². The molecule has 4 rings (SSSR count). The van der Waals surface area contributed by atoms with E-state index in [1.54, 1.807) is 6.33 Å². The van der Waals surface area contributed by atoms with Crippen molar-refractivity contribution in [1.82, 2.24) is 19.9 Å². The summed E-state index contributed by atoms with van der Waals surface area (Å²) in [6.45, 7) is 4.29. The van der Waals surface area contributed by atoms with Crippen molar-refractivity contribution in [2.24, 2.45) is 0 Å². The van der Waals surface area contributed by atoms with Gasteiger partial charge in [-0.15, -0.1) is 0 Å². The number of aryl methyl sites for hydroxylation is 1. The number of fused-ring (bicyclic) bond motifs is 2. The molecule has 0 spiro atoms. The minimum absolute atomic E-state index is 0.330. The van der Waals surface area contributed by atoms with Gasteiger partial charge in [-0.2, -0.15) is 0 Å². The van der Waals surface area contributed by atoms with Gasteiger partial charge in [-0.05, 0) is 42.2 Å². The summed E-state index contributed by atoms with van der Waals surface area (Å²) in [5.41, 5.74) is 4.46. The third-order valence-corrected chi connectivity index (χ3v) is 4.37.